The highest BCUT2D eigenvalue weighted by atomic mass is 35.5. The van der Waals surface area contributed by atoms with Crippen molar-refractivity contribution in [3.63, 3.8) is 0 Å². The zero-order valence-electron chi connectivity index (χ0n) is 18.7. The highest BCUT2D eigenvalue weighted by Crippen LogP contribution is 2.32. The molecule has 0 saturated carbocycles. The third-order valence-electron chi connectivity index (χ3n) is 5.58. The number of carbonyl (C=O) groups excluding carboxylic acids is 1. The molecule has 0 bridgehead atoms. The molecule has 1 saturated heterocycles. The minimum atomic E-state index is -2.84. The number of halogens is 3. The molecule has 3 aromatic heterocycles. The minimum absolute atomic E-state index is 0.107. The van der Waals surface area contributed by atoms with Crippen LogP contribution in [-0.2, 0) is 4.74 Å². The van der Waals surface area contributed by atoms with Crippen molar-refractivity contribution in [1.82, 2.24) is 34.0 Å². The second-order valence-electron chi connectivity index (χ2n) is 9.10. The Balaban J connectivity index is 1.57. The first kappa shape index (κ1) is 22.5. The summed E-state index contributed by atoms with van der Waals surface area (Å²) < 4.78 is 36.4. The van der Waals surface area contributed by atoms with E-state index in [1.807, 2.05) is 20.8 Å². The Bertz CT molecular complexity index is 1400. The van der Waals surface area contributed by atoms with Crippen LogP contribution in [0.3, 0.4) is 0 Å². The van der Waals surface area contributed by atoms with Gasteiger partial charge in [0.05, 0.1) is 23.4 Å². The number of ether oxygens (including phenoxy) is 1. The number of hydrogen-bond acceptors (Lipinski definition) is 6. The lowest BCUT2D eigenvalue weighted by Crippen LogP contribution is -2.35. The van der Waals surface area contributed by atoms with Crippen molar-refractivity contribution in [2.24, 2.45) is 0 Å². The number of alkyl halides is 2. The molecule has 0 aliphatic carbocycles. The second kappa shape index (κ2) is 8.15. The number of benzene rings is 1. The standard InChI is InChI=1S/C22H22ClF2N7O2/c1-22(2,3)34-21(33)30-9-8-12(10-30)31-11-26-15-17(31)28-20(23)29-18(15)32-14-7-5-4-6-13(14)27-19(32)16(24)25/h4-7,11-12,16H,8-10H2,1-3H3. The molecule has 1 aliphatic heterocycles. The van der Waals surface area contributed by atoms with E-state index in [0.29, 0.717) is 41.7 Å². The van der Waals surface area contributed by atoms with Gasteiger partial charge in [-0.25, -0.2) is 23.5 Å². The van der Waals surface area contributed by atoms with Gasteiger partial charge in [-0.05, 0) is 50.9 Å². The molecule has 34 heavy (non-hydrogen) atoms. The first-order valence-electron chi connectivity index (χ1n) is 10.8. The smallest absolute Gasteiger partial charge is 0.410 e. The fraction of sp³-hybridized carbons (Fsp3) is 0.409. The largest absolute Gasteiger partial charge is 0.444 e. The van der Waals surface area contributed by atoms with Crippen LogP contribution in [0.15, 0.2) is 30.6 Å². The summed E-state index contributed by atoms with van der Waals surface area (Å²) in [4.78, 5) is 31.2. The molecule has 178 valence electrons. The maximum absolute atomic E-state index is 13.9. The number of carbonyl (C=O) groups is 1. The molecule has 0 radical (unpaired) electrons. The van der Waals surface area contributed by atoms with E-state index < -0.39 is 17.9 Å². The molecule has 1 aliphatic rings. The Morgan fingerprint density at radius 1 is 1.21 bits per heavy atom. The highest BCUT2D eigenvalue weighted by Gasteiger charge is 2.32. The van der Waals surface area contributed by atoms with Crippen LogP contribution >= 0.6 is 11.6 Å². The second-order valence-corrected chi connectivity index (χ2v) is 9.44. The first-order chi connectivity index (χ1) is 16.1. The molecule has 0 N–H and O–H groups in total. The molecular formula is C22H22ClF2N7O2. The van der Waals surface area contributed by atoms with Gasteiger partial charge in [0.25, 0.3) is 6.43 Å². The third kappa shape index (κ3) is 3.93. The topological polar surface area (TPSA) is 91.0 Å². The van der Waals surface area contributed by atoms with Gasteiger partial charge in [-0.3, -0.25) is 4.57 Å². The van der Waals surface area contributed by atoms with Gasteiger partial charge in [0, 0.05) is 13.1 Å². The van der Waals surface area contributed by atoms with E-state index in [0.717, 1.165) is 0 Å². The molecule has 1 aromatic carbocycles. The van der Waals surface area contributed by atoms with Crippen LogP contribution in [0.4, 0.5) is 13.6 Å². The average molecular weight is 490 g/mol. The number of rotatable bonds is 3. The molecule has 12 heteroatoms. The molecule has 1 amide bonds. The molecule has 0 spiro atoms. The fourth-order valence-corrected chi connectivity index (χ4v) is 4.33. The Labute approximate surface area is 198 Å². The van der Waals surface area contributed by atoms with Crippen LogP contribution in [0, 0.1) is 0 Å². The van der Waals surface area contributed by atoms with Crippen molar-refractivity contribution in [1.29, 1.82) is 0 Å². The van der Waals surface area contributed by atoms with Crippen molar-refractivity contribution in [2.75, 3.05) is 13.1 Å². The molecule has 1 atom stereocenters. The maximum atomic E-state index is 13.9. The number of fused-ring (bicyclic) bond motifs is 2. The van der Waals surface area contributed by atoms with Gasteiger partial charge in [-0.2, -0.15) is 9.97 Å². The summed E-state index contributed by atoms with van der Waals surface area (Å²) >= 11 is 6.24. The van der Waals surface area contributed by atoms with Gasteiger partial charge in [0.1, 0.15) is 5.60 Å². The van der Waals surface area contributed by atoms with Crippen molar-refractivity contribution in [2.45, 2.75) is 45.3 Å². The quantitative estimate of drug-likeness (QED) is 0.379. The summed E-state index contributed by atoms with van der Waals surface area (Å²) in [6, 6.07) is 6.66. The van der Waals surface area contributed by atoms with Crippen molar-refractivity contribution < 1.29 is 18.3 Å². The zero-order chi connectivity index (χ0) is 24.2. The number of amides is 1. The van der Waals surface area contributed by atoms with Crippen LogP contribution in [0.5, 0.6) is 0 Å². The lowest BCUT2D eigenvalue weighted by atomic mass is 10.2. The maximum Gasteiger partial charge on any atom is 0.410 e. The zero-order valence-corrected chi connectivity index (χ0v) is 19.5. The molecule has 1 fully saturated rings. The molecule has 4 aromatic rings. The Morgan fingerprint density at radius 3 is 2.71 bits per heavy atom. The molecular weight excluding hydrogens is 468 g/mol. The number of aromatic nitrogens is 6. The highest BCUT2D eigenvalue weighted by molar-refractivity contribution is 6.28. The Hall–Kier alpha value is -3.34. The van der Waals surface area contributed by atoms with Gasteiger partial charge in [0.15, 0.2) is 22.8 Å². The van der Waals surface area contributed by atoms with Crippen LogP contribution in [0.2, 0.25) is 5.28 Å². The van der Waals surface area contributed by atoms with Gasteiger partial charge in [-0.15, -0.1) is 0 Å². The summed E-state index contributed by atoms with van der Waals surface area (Å²) in [6.45, 7) is 6.35. The summed E-state index contributed by atoms with van der Waals surface area (Å²) in [5.41, 5.74) is 0.973. The lowest BCUT2D eigenvalue weighted by Gasteiger charge is -2.24. The first-order valence-corrected chi connectivity index (χ1v) is 11.1. The number of imidazole rings is 2. The van der Waals surface area contributed by atoms with Gasteiger partial charge in [0.2, 0.25) is 5.28 Å². The van der Waals surface area contributed by atoms with Gasteiger partial charge in [-0.1, -0.05) is 12.1 Å². The van der Waals surface area contributed by atoms with Gasteiger partial charge >= 0.3 is 6.09 Å². The van der Waals surface area contributed by atoms with Crippen LogP contribution < -0.4 is 0 Å². The predicted octanol–water partition coefficient (Wildman–Crippen LogP) is 4.94. The third-order valence-corrected chi connectivity index (χ3v) is 5.75. The van der Waals surface area contributed by atoms with Crippen molar-refractivity contribution in [3.8, 4) is 5.82 Å². The minimum Gasteiger partial charge on any atom is -0.444 e. The van der Waals surface area contributed by atoms with Gasteiger partial charge < -0.3 is 14.2 Å². The van der Waals surface area contributed by atoms with E-state index in [1.165, 1.54) is 4.57 Å². The van der Waals surface area contributed by atoms with Crippen LogP contribution in [0.1, 0.15) is 45.5 Å². The molecule has 9 nitrogen and oxygen atoms in total. The molecule has 5 rings (SSSR count). The lowest BCUT2D eigenvalue weighted by molar-refractivity contribution is 0.0289. The number of para-hydroxylation sites is 2. The fourth-order valence-electron chi connectivity index (χ4n) is 4.17. The van der Waals surface area contributed by atoms with E-state index in [-0.39, 0.29) is 23.2 Å². The number of likely N-dealkylation sites (tertiary alicyclic amines) is 1. The monoisotopic (exact) mass is 489 g/mol. The van der Waals surface area contributed by atoms with Crippen molar-refractivity contribution >= 4 is 39.9 Å². The predicted molar refractivity (Wildman–Crippen MR) is 121 cm³/mol. The van der Waals surface area contributed by atoms with Crippen molar-refractivity contribution in [3.05, 3.63) is 41.7 Å². The van der Waals surface area contributed by atoms with E-state index in [2.05, 4.69) is 19.9 Å². The van der Waals surface area contributed by atoms with Crippen LogP contribution in [0.25, 0.3) is 28.0 Å². The summed E-state index contributed by atoms with van der Waals surface area (Å²) in [7, 11) is 0. The number of nitrogens with zero attached hydrogens (tertiary/aromatic N) is 7. The van der Waals surface area contributed by atoms with E-state index >= 15 is 0 Å². The van der Waals surface area contributed by atoms with E-state index in [4.69, 9.17) is 16.3 Å². The number of hydrogen-bond donors (Lipinski definition) is 0. The normalized spacial score (nSPS) is 16.8. The van der Waals surface area contributed by atoms with E-state index in [9.17, 15) is 13.6 Å². The average Bonchev–Trinajstić information content (AvgIpc) is 3.48. The Morgan fingerprint density at radius 2 is 1.97 bits per heavy atom. The Kier molecular flexibility index (Phi) is 5.38. The molecule has 4 heterocycles. The summed E-state index contributed by atoms with van der Waals surface area (Å²) in [5, 5.41) is -0.107. The van der Waals surface area contributed by atoms with Crippen LogP contribution in [-0.4, -0.2) is 58.8 Å². The summed E-state index contributed by atoms with van der Waals surface area (Å²) in [5.74, 6) is -0.330. The molecule has 1 unspecified atom stereocenters. The summed E-state index contributed by atoms with van der Waals surface area (Å²) in [6.07, 6.45) is -1.00. The SMILES string of the molecule is CC(C)(C)OC(=O)N1CCC(n2cnc3c(-n4c(C(F)F)nc5ccccc54)nc(Cl)nc32)C1. The van der Waals surface area contributed by atoms with E-state index in [1.54, 1.807) is 40.1 Å².